The highest BCUT2D eigenvalue weighted by molar-refractivity contribution is 6.19. The van der Waals surface area contributed by atoms with Crippen molar-refractivity contribution in [3.05, 3.63) is 29.0 Å². The standard InChI is InChI=1S/C13H2N8/c1-2-4-6-5-3(1)13(20-21-13)12-10(17-19-12)7(5)9-11(18-16-9)8(6)15-14-4/h1-2H. The number of fused-ring (bicyclic) bond motifs is 6. The largest absolute Gasteiger partial charge is 0.262 e. The van der Waals surface area contributed by atoms with Crippen molar-refractivity contribution in [1.82, 2.24) is 0 Å². The summed E-state index contributed by atoms with van der Waals surface area (Å²) in [5.41, 5.74) is 6.27. The lowest BCUT2D eigenvalue weighted by Gasteiger charge is -2.29. The van der Waals surface area contributed by atoms with Gasteiger partial charge < -0.3 is 0 Å². The third-order valence-corrected chi connectivity index (χ3v) is 4.58. The molecule has 0 aromatic heterocycles. The summed E-state index contributed by atoms with van der Waals surface area (Å²) in [6.45, 7) is 0. The summed E-state index contributed by atoms with van der Waals surface area (Å²) in [5.74, 6) is 0. The number of hydrogen-bond acceptors (Lipinski definition) is 8. The normalized spacial score (nSPS) is 21.7. The van der Waals surface area contributed by atoms with Crippen LogP contribution in [0.2, 0.25) is 0 Å². The zero-order valence-electron chi connectivity index (χ0n) is 10.2. The van der Waals surface area contributed by atoms with Crippen molar-refractivity contribution in [2.45, 2.75) is 5.66 Å². The highest BCUT2D eigenvalue weighted by atomic mass is 15.5. The fourth-order valence-electron chi connectivity index (χ4n) is 3.54. The van der Waals surface area contributed by atoms with Crippen LogP contribution in [-0.2, 0) is 5.66 Å². The highest BCUT2D eigenvalue weighted by Gasteiger charge is 2.56. The van der Waals surface area contributed by atoms with Crippen LogP contribution in [0.3, 0.4) is 0 Å². The molecular weight excluding hydrogens is 268 g/mol. The summed E-state index contributed by atoms with van der Waals surface area (Å²) < 4.78 is 0. The van der Waals surface area contributed by atoms with Crippen LogP contribution in [0, 0.1) is 0 Å². The minimum absolute atomic E-state index is 0.655. The summed E-state index contributed by atoms with van der Waals surface area (Å²) in [6.07, 6.45) is 0. The minimum atomic E-state index is -0.655. The van der Waals surface area contributed by atoms with Gasteiger partial charge in [-0.1, -0.05) is 6.07 Å². The van der Waals surface area contributed by atoms with Gasteiger partial charge in [-0.25, -0.2) is 0 Å². The smallest absolute Gasteiger partial charge is 0.150 e. The Morgan fingerprint density at radius 1 is 0.714 bits per heavy atom. The van der Waals surface area contributed by atoms with Gasteiger partial charge in [-0.3, -0.25) is 0 Å². The first-order valence-electron chi connectivity index (χ1n) is 6.50. The molecule has 0 fully saturated rings. The fourth-order valence-corrected chi connectivity index (χ4v) is 3.54. The van der Waals surface area contributed by atoms with Gasteiger partial charge in [0.15, 0.2) is 0 Å². The maximum absolute atomic E-state index is 4.27. The lowest BCUT2D eigenvalue weighted by molar-refractivity contribution is 0.711. The highest BCUT2D eigenvalue weighted by Crippen LogP contribution is 2.66. The predicted octanol–water partition coefficient (Wildman–Crippen LogP) is 5.06. The van der Waals surface area contributed by atoms with E-state index in [1.165, 1.54) is 0 Å². The Morgan fingerprint density at radius 3 is 2.29 bits per heavy atom. The van der Waals surface area contributed by atoms with E-state index in [9.17, 15) is 0 Å². The number of rotatable bonds is 0. The van der Waals surface area contributed by atoms with Gasteiger partial charge in [-0.05, 0) is 6.07 Å². The van der Waals surface area contributed by atoms with E-state index in [0.717, 1.165) is 56.0 Å². The first-order chi connectivity index (χ1) is 10.4. The molecule has 5 aliphatic rings. The Kier molecular flexibility index (Phi) is 0.976. The number of benzene rings is 2. The summed E-state index contributed by atoms with van der Waals surface area (Å²) in [6, 6.07) is 3.96. The average Bonchev–Trinajstić information content (AvgIpc) is 3.06. The topological polar surface area (TPSA) is 98.9 Å². The molecule has 0 bridgehead atoms. The van der Waals surface area contributed by atoms with E-state index in [0.29, 0.717) is 0 Å². The first-order valence-corrected chi connectivity index (χ1v) is 6.50. The third-order valence-electron chi connectivity index (χ3n) is 4.58. The second-order valence-corrected chi connectivity index (χ2v) is 5.47. The maximum atomic E-state index is 4.27. The molecule has 0 radical (unpaired) electrons. The Balaban J connectivity index is 1.82. The molecule has 0 saturated heterocycles. The lowest BCUT2D eigenvalue weighted by Crippen LogP contribution is -2.21. The number of hydrogen-bond donors (Lipinski definition) is 0. The summed E-state index contributed by atoms with van der Waals surface area (Å²) in [4.78, 5) is 0. The zero-order chi connectivity index (χ0) is 13.3. The van der Waals surface area contributed by atoms with Crippen LogP contribution in [-0.4, -0.2) is 0 Å². The van der Waals surface area contributed by atoms with E-state index in [1.54, 1.807) is 0 Å². The van der Waals surface area contributed by atoms with Gasteiger partial charge >= 0.3 is 0 Å². The fraction of sp³-hybridized carbons (Fsp3) is 0.0769. The van der Waals surface area contributed by atoms with Crippen molar-refractivity contribution in [3.63, 3.8) is 0 Å². The second kappa shape index (κ2) is 2.30. The van der Waals surface area contributed by atoms with Gasteiger partial charge in [0.25, 0.3) is 5.66 Å². The van der Waals surface area contributed by atoms with E-state index in [1.807, 2.05) is 12.1 Å². The van der Waals surface area contributed by atoms with Crippen molar-refractivity contribution < 1.29 is 0 Å². The van der Waals surface area contributed by atoms with Crippen LogP contribution in [0.1, 0.15) is 11.1 Å². The molecule has 0 atom stereocenters. The van der Waals surface area contributed by atoms with Crippen molar-refractivity contribution in [2.24, 2.45) is 40.9 Å². The molecule has 8 heteroatoms. The molecule has 0 unspecified atom stereocenters. The van der Waals surface area contributed by atoms with Crippen LogP contribution >= 0.6 is 0 Å². The lowest BCUT2D eigenvalue weighted by atomic mass is 9.81. The van der Waals surface area contributed by atoms with Crippen LogP contribution < -0.4 is 0 Å². The maximum Gasteiger partial charge on any atom is 0.262 e. The predicted molar refractivity (Wildman–Crippen MR) is 70.6 cm³/mol. The van der Waals surface area contributed by atoms with Gasteiger partial charge in [-0.15, -0.1) is 40.9 Å². The van der Waals surface area contributed by atoms with Crippen molar-refractivity contribution in [1.29, 1.82) is 0 Å². The number of nitrogens with zero attached hydrogens (tertiary/aromatic N) is 8. The van der Waals surface area contributed by atoms with Crippen LogP contribution in [0.15, 0.2) is 58.7 Å². The van der Waals surface area contributed by atoms with Crippen LogP contribution in [0.4, 0.5) is 22.7 Å². The van der Waals surface area contributed by atoms with Gasteiger partial charge in [0.2, 0.25) is 0 Å². The number of azo groups is 3. The van der Waals surface area contributed by atoms with E-state index in [2.05, 4.69) is 40.9 Å². The Labute approximate surface area is 115 Å². The van der Waals surface area contributed by atoms with Gasteiger partial charge in [0.05, 0.1) is 5.69 Å². The molecular formula is C13H2N8. The van der Waals surface area contributed by atoms with E-state index < -0.39 is 5.66 Å². The molecule has 4 heterocycles. The summed E-state index contributed by atoms with van der Waals surface area (Å²) in [7, 11) is 0. The molecule has 21 heavy (non-hydrogen) atoms. The molecule has 1 spiro atoms. The van der Waals surface area contributed by atoms with Gasteiger partial charge in [-0.2, -0.15) is 0 Å². The molecule has 8 nitrogen and oxygen atoms in total. The molecule has 7 rings (SSSR count). The van der Waals surface area contributed by atoms with Crippen LogP contribution in [0.5, 0.6) is 0 Å². The quantitative estimate of drug-likeness (QED) is 0.426. The van der Waals surface area contributed by atoms with E-state index in [4.69, 9.17) is 0 Å². The molecule has 0 saturated carbocycles. The molecule has 2 aromatic carbocycles. The summed E-state index contributed by atoms with van der Waals surface area (Å²) >= 11 is 0. The average molecular weight is 270 g/mol. The zero-order valence-corrected chi connectivity index (χ0v) is 10.2. The van der Waals surface area contributed by atoms with E-state index in [-0.39, 0.29) is 0 Å². The Hall–Kier alpha value is -3.16. The third kappa shape index (κ3) is 0.680. The van der Waals surface area contributed by atoms with Crippen LogP contribution in [0.25, 0.3) is 16.5 Å². The van der Waals surface area contributed by atoms with Gasteiger partial charge in [0, 0.05) is 21.9 Å². The van der Waals surface area contributed by atoms with Crippen molar-refractivity contribution in [2.75, 3.05) is 0 Å². The molecule has 94 valence electrons. The monoisotopic (exact) mass is 270 g/mol. The SMILES string of the molecule is c1cc2c3c(c4c(c5c3c1N=N5)N=N4)C1=C(N=N1)C21N=N1. The molecule has 0 N–H and O–H groups in total. The van der Waals surface area contributed by atoms with Crippen molar-refractivity contribution >= 4 is 39.2 Å². The van der Waals surface area contributed by atoms with E-state index >= 15 is 0 Å². The minimum Gasteiger partial charge on any atom is -0.150 e. The first kappa shape index (κ1) is 8.90. The molecule has 4 aliphatic heterocycles. The summed E-state index contributed by atoms with van der Waals surface area (Å²) in [5, 5.41) is 35.7. The second-order valence-electron chi connectivity index (χ2n) is 5.47. The van der Waals surface area contributed by atoms with Crippen molar-refractivity contribution in [3.8, 4) is 0 Å². The molecule has 2 aromatic rings. The Morgan fingerprint density at radius 2 is 1.57 bits per heavy atom. The molecule has 1 aliphatic carbocycles. The molecule has 0 amide bonds. The van der Waals surface area contributed by atoms with Gasteiger partial charge in [0.1, 0.15) is 28.5 Å². The Bertz CT molecular complexity index is 1130.